The van der Waals surface area contributed by atoms with Crippen LogP contribution >= 0.6 is 23.2 Å². The Morgan fingerprint density at radius 1 is 1.08 bits per heavy atom. The molecule has 10 heteroatoms. The first-order chi connectivity index (χ1) is 18.9. The summed E-state index contributed by atoms with van der Waals surface area (Å²) in [7, 11) is 1.64. The maximum atomic E-state index is 11.4. The Bertz CT molecular complexity index is 1500. The summed E-state index contributed by atoms with van der Waals surface area (Å²) in [5.74, 6) is 0.272. The van der Waals surface area contributed by atoms with Crippen LogP contribution in [-0.4, -0.2) is 45.2 Å². The van der Waals surface area contributed by atoms with Crippen LogP contribution in [0.15, 0.2) is 53.1 Å². The molecule has 0 spiro atoms. The summed E-state index contributed by atoms with van der Waals surface area (Å²) in [4.78, 5) is 13.7. The molecule has 2 fully saturated rings. The molecule has 0 atom stereocenters. The summed E-state index contributed by atoms with van der Waals surface area (Å²) in [5.41, 5.74) is 5.07. The predicted molar refractivity (Wildman–Crippen MR) is 150 cm³/mol. The van der Waals surface area contributed by atoms with Gasteiger partial charge in [-0.3, -0.25) is 4.68 Å². The first-order valence-corrected chi connectivity index (χ1v) is 13.8. The van der Waals surface area contributed by atoms with Gasteiger partial charge in [-0.05, 0) is 56.0 Å². The van der Waals surface area contributed by atoms with E-state index in [1.807, 2.05) is 30.3 Å². The fourth-order valence-corrected chi connectivity index (χ4v) is 5.78. The number of hydrogen-bond donors (Lipinski definition) is 1. The number of piperidine rings is 1. The first kappa shape index (κ1) is 25.9. The third-order valence-corrected chi connectivity index (χ3v) is 8.11. The monoisotopic (exact) mass is 566 g/mol. The van der Waals surface area contributed by atoms with Crippen molar-refractivity contribution in [1.29, 1.82) is 0 Å². The van der Waals surface area contributed by atoms with E-state index < -0.39 is 5.97 Å². The molecule has 2 aromatic heterocycles. The molecular weight excluding hydrogens is 539 g/mol. The molecule has 2 aromatic carbocycles. The third-order valence-electron chi connectivity index (χ3n) is 7.48. The number of rotatable bonds is 8. The van der Waals surface area contributed by atoms with Crippen LogP contribution in [0.1, 0.15) is 53.4 Å². The van der Waals surface area contributed by atoms with Gasteiger partial charge in [0.2, 0.25) is 0 Å². The van der Waals surface area contributed by atoms with E-state index in [0.717, 1.165) is 61.3 Å². The van der Waals surface area contributed by atoms with E-state index in [2.05, 4.69) is 27.3 Å². The molecule has 1 aliphatic heterocycles. The summed E-state index contributed by atoms with van der Waals surface area (Å²) in [6.07, 6.45) is 4.04. The second kappa shape index (κ2) is 10.7. The summed E-state index contributed by atoms with van der Waals surface area (Å²) in [6, 6.07) is 15.1. The van der Waals surface area contributed by atoms with E-state index in [4.69, 9.17) is 32.5 Å². The molecule has 6 rings (SSSR count). The van der Waals surface area contributed by atoms with E-state index in [1.165, 1.54) is 4.68 Å². The van der Waals surface area contributed by atoms with Crippen LogP contribution in [0.25, 0.3) is 22.5 Å². The van der Waals surface area contributed by atoms with Crippen LogP contribution in [0, 0.1) is 0 Å². The Labute approximate surface area is 236 Å². The lowest BCUT2D eigenvalue weighted by Gasteiger charge is -2.33. The number of hydrogen-bond acceptors (Lipinski definition) is 6. The van der Waals surface area contributed by atoms with Crippen molar-refractivity contribution in [2.24, 2.45) is 7.05 Å². The number of aryl methyl sites for hydroxylation is 1. The minimum absolute atomic E-state index is 0.106. The van der Waals surface area contributed by atoms with Gasteiger partial charge in [0.1, 0.15) is 17.1 Å². The number of ether oxygens (including phenoxy) is 1. The highest BCUT2D eigenvalue weighted by atomic mass is 35.5. The Kier molecular flexibility index (Phi) is 7.10. The lowest BCUT2D eigenvalue weighted by atomic mass is 10.0. The average molecular weight is 567 g/mol. The number of carboxylic acid groups (broad SMARTS) is 1. The highest BCUT2D eigenvalue weighted by Gasteiger charge is 2.34. The molecule has 0 amide bonds. The number of nitrogens with zero attached hydrogens (tertiary/aromatic N) is 4. The fraction of sp³-hybridized carbons (Fsp3) is 0.345. The van der Waals surface area contributed by atoms with E-state index in [9.17, 15) is 9.90 Å². The van der Waals surface area contributed by atoms with Gasteiger partial charge in [-0.1, -0.05) is 46.6 Å². The maximum Gasteiger partial charge on any atom is 0.354 e. The second-order valence-corrected chi connectivity index (χ2v) is 11.0. The van der Waals surface area contributed by atoms with Gasteiger partial charge in [-0.15, -0.1) is 0 Å². The summed E-state index contributed by atoms with van der Waals surface area (Å²) < 4.78 is 13.6. The van der Waals surface area contributed by atoms with Crippen molar-refractivity contribution in [3.63, 3.8) is 0 Å². The van der Waals surface area contributed by atoms with Crippen molar-refractivity contribution >= 4 is 34.9 Å². The van der Waals surface area contributed by atoms with Gasteiger partial charge in [-0.2, -0.15) is 5.10 Å². The Hall–Kier alpha value is -3.33. The van der Waals surface area contributed by atoms with E-state index in [1.54, 1.807) is 13.1 Å². The summed E-state index contributed by atoms with van der Waals surface area (Å²) >= 11 is 13.0. The lowest BCUT2D eigenvalue weighted by molar-refractivity contribution is 0.0246. The first-order valence-electron chi connectivity index (χ1n) is 13.1. The summed E-state index contributed by atoms with van der Waals surface area (Å²) in [6.45, 7) is 2.09. The third kappa shape index (κ3) is 5.29. The Morgan fingerprint density at radius 3 is 2.46 bits per heavy atom. The van der Waals surface area contributed by atoms with Gasteiger partial charge >= 0.3 is 5.97 Å². The predicted octanol–water partition coefficient (Wildman–Crippen LogP) is 6.81. The molecule has 2 aliphatic rings. The molecule has 4 aromatic rings. The molecule has 8 nitrogen and oxygen atoms in total. The van der Waals surface area contributed by atoms with Gasteiger partial charge in [-0.25, -0.2) is 4.79 Å². The van der Waals surface area contributed by atoms with Crippen LogP contribution in [0.3, 0.4) is 0 Å². The van der Waals surface area contributed by atoms with Gasteiger partial charge in [0, 0.05) is 48.4 Å². The second-order valence-electron chi connectivity index (χ2n) is 10.1. The topological polar surface area (TPSA) is 93.6 Å². The minimum Gasteiger partial charge on any atom is -0.477 e. The normalized spacial score (nSPS) is 16.1. The number of aromatic carboxylic acids is 1. The SMILES string of the molecule is Cn1nc(-c2cccc(N3CCC(OCc4c(-c5c(Cl)cccc5Cl)noc4C4CC4)CC3)c2)cc1C(=O)O. The minimum atomic E-state index is -0.994. The molecule has 1 saturated heterocycles. The Balaban J connectivity index is 1.13. The molecule has 3 heterocycles. The van der Waals surface area contributed by atoms with Crippen LogP contribution in [0.5, 0.6) is 0 Å². The fourth-order valence-electron chi connectivity index (χ4n) is 5.20. The standard InChI is InChI=1S/C29H28Cl2N4O4/c1-34-25(29(36)37)15-24(32-34)18-4-2-5-19(14-18)35-12-10-20(11-13-35)38-16-21-27(33-39-28(21)17-8-9-17)26-22(30)6-3-7-23(26)31/h2-7,14-15,17,20H,8-13,16H2,1H3,(H,36,37). The molecule has 1 aliphatic carbocycles. The highest BCUT2D eigenvalue weighted by Crippen LogP contribution is 2.46. The molecular formula is C29H28Cl2N4O4. The molecule has 39 heavy (non-hydrogen) atoms. The quantitative estimate of drug-likeness (QED) is 0.250. The van der Waals surface area contributed by atoms with Crippen molar-refractivity contribution in [3.8, 4) is 22.5 Å². The zero-order valence-corrected chi connectivity index (χ0v) is 23.0. The molecule has 1 saturated carbocycles. The van der Waals surface area contributed by atoms with Crippen LogP contribution in [0.2, 0.25) is 10.0 Å². The molecule has 202 valence electrons. The van der Waals surface area contributed by atoms with Gasteiger partial charge in [0.15, 0.2) is 0 Å². The van der Waals surface area contributed by atoms with Gasteiger partial charge in [0.25, 0.3) is 0 Å². The zero-order chi connectivity index (χ0) is 27.1. The van der Waals surface area contributed by atoms with Crippen LogP contribution < -0.4 is 4.90 Å². The molecule has 0 radical (unpaired) electrons. The van der Waals surface area contributed by atoms with Crippen molar-refractivity contribution in [2.75, 3.05) is 18.0 Å². The number of carbonyl (C=O) groups is 1. The summed E-state index contributed by atoms with van der Waals surface area (Å²) in [5, 5.41) is 19.2. The number of aromatic nitrogens is 3. The van der Waals surface area contributed by atoms with E-state index in [0.29, 0.717) is 39.5 Å². The van der Waals surface area contributed by atoms with Crippen molar-refractivity contribution in [3.05, 3.63) is 75.6 Å². The van der Waals surface area contributed by atoms with E-state index >= 15 is 0 Å². The number of benzene rings is 2. The van der Waals surface area contributed by atoms with Crippen molar-refractivity contribution in [1.82, 2.24) is 14.9 Å². The molecule has 0 bridgehead atoms. The van der Waals surface area contributed by atoms with Gasteiger partial charge in [0.05, 0.1) is 28.5 Å². The van der Waals surface area contributed by atoms with Gasteiger partial charge < -0.3 is 19.3 Å². The van der Waals surface area contributed by atoms with E-state index in [-0.39, 0.29) is 11.8 Å². The van der Waals surface area contributed by atoms with Crippen LogP contribution in [-0.2, 0) is 18.4 Å². The van der Waals surface area contributed by atoms with Crippen molar-refractivity contribution < 1.29 is 19.2 Å². The number of carboxylic acids is 1. The number of anilines is 1. The maximum absolute atomic E-state index is 11.4. The number of halogens is 2. The zero-order valence-electron chi connectivity index (χ0n) is 21.4. The Morgan fingerprint density at radius 2 is 1.79 bits per heavy atom. The van der Waals surface area contributed by atoms with Crippen molar-refractivity contribution in [2.45, 2.75) is 44.3 Å². The largest absolute Gasteiger partial charge is 0.477 e. The average Bonchev–Trinajstić information content (AvgIpc) is 3.57. The smallest absolute Gasteiger partial charge is 0.354 e. The highest BCUT2D eigenvalue weighted by molar-refractivity contribution is 6.39. The molecule has 0 unspecified atom stereocenters. The van der Waals surface area contributed by atoms with Crippen LogP contribution in [0.4, 0.5) is 5.69 Å². The lowest BCUT2D eigenvalue weighted by Crippen LogP contribution is -2.37. The molecule has 1 N–H and O–H groups in total.